The van der Waals surface area contributed by atoms with Gasteiger partial charge in [0.15, 0.2) is 0 Å². The van der Waals surface area contributed by atoms with E-state index in [-0.39, 0.29) is 0 Å². The van der Waals surface area contributed by atoms with E-state index in [0.29, 0.717) is 0 Å². The zero-order valence-corrected chi connectivity index (χ0v) is 12.4. The second kappa shape index (κ2) is 7.71. The van der Waals surface area contributed by atoms with E-state index in [1.165, 1.54) is 35.2 Å². The van der Waals surface area contributed by atoms with Crippen LogP contribution in [0.25, 0.3) is 0 Å². The Balaban J connectivity index is 2.15. The molecule has 1 rings (SSSR count). The molecule has 0 spiro atoms. The molecule has 0 fully saturated rings. The van der Waals surface area contributed by atoms with Crippen LogP contribution in [0.2, 0.25) is 0 Å². The third kappa shape index (κ3) is 5.95. The zero-order chi connectivity index (χ0) is 11.1. The van der Waals surface area contributed by atoms with Crippen molar-refractivity contribution in [2.75, 3.05) is 19.3 Å². The number of thiol groups is 1. The Morgan fingerprint density at radius 2 is 2.20 bits per heavy atom. The first-order valence-corrected chi connectivity index (χ1v) is 7.55. The largest absolute Gasteiger partial charge is 0.302 e. The van der Waals surface area contributed by atoms with Crippen molar-refractivity contribution in [1.29, 1.82) is 0 Å². The number of unbranched alkanes of at least 4 members (excludes halogenated alkanes) is 2. The van der Waals surface area contributed by atoms with Crippen LogP contribution in [-0.4, -0.2) is 24.2 Å². The van der Waals surface area contributed by atoms with Gasteiger partial charge in [-0.3, -0.25) is 0 Å². The van der Waals surface area contributed by atoms with Gasteiger partial charge in [-0.25, -0.2) is 0 Å². The van der Waals surface area contributed by atoms with Crippen LogP contribution >= 0.6 is 39.9 Å². The molecule has 0 unspecified atom stereocenters. The first-order chi connectivity index (χ1) is 7.22. The second-order valence-corrected chi connectivity index (χ2v) is 6.52. The van der Waals surface area contributed by atoms with Crippen LogP contribution in [-0.2, 0) is 6.54 Å². The van der Waals surface area contributed by atoms with Gasteiger partial charge < -0.3 is 4.90 Å². The molecule has 0 aliphatic heterocycles. The van der Waals surface area contributed by atoms with E-state index in [9.17, 15) is 0 Å². The van der Waals surface area contributed by atoms with Crippen molar-refractivity contribution in [3.8, 4) is 0 Å². The number of hydrogen-bond donors (Lipinski definition) is 1. The van der Waals surface area contributed by atoms with Crippen LogP contribution in [0, 0.1) is 0 Å². The van der Waals surface area contributed by atoms with Crippen molar-refractivity contribution >= 4 is 39.9 Å². The van der Waals surface area contributed by atoms with Gasteiger partial charge in [-0.1, -0.05) is 6.42 Å². The summed E-state index contributed by atoms with van der Waals surface area (Å²) >= 11 is 9.46. The minimum absolute atomic E-state index is 1.02. The quantitative estimate of drug-likeness (QED) is 0.588. The minimum atomic E-state index is 1.02. The fraction of sp³-hybridized carbons (Fsp3) is 0.636. The smallest absolute Gasteiger partial charge is 0.0701 e. The fourth-order valence-electron chi connectivity index (χ4n) is 1.49. The lowest BCUT2D eigenvalue weighted by atomic mass is 10.2. The van der Waals surface area contributed by atoms with E-state index in [2.05, 4.69) is 52.0 Å². The van der Waals surface area contributed by atoms with Gasteiger partial charge in [0.1, 0.15) is 0 Å². The molecule has 4 heteroatoms. The predicted octanol–water partition coefficient (Wildman–Crippen LogP) is 4.04. The topological polar surface area (TPSA) is 3.24 Å². The Hall–Kier alpha value is 0.490. The first-order valence-electron chi connectivity index (χ1n) is 5.24. The Morgan fingerprint density at radius 1 is 1.40 bits per heavy atom. The molecule has 0 N–H and O–H groups in total. The van der Waals surface area contributed by atoms with Crippen LogP contribution < -0.4 is 0 Å². The summed E-state index contributed by atoms with van der Waals surface area (Å²) in [6.45, 7) is 2.24. The van der Waals surface area contributed by atoms with Crippen LogP contribution in [0.5, 0.6) is 0 Å². The van der Waals surface area contributed by atoms with Crippen LogP contribution in [0.4, 0.5) is 0 Å². The maximum Gasteiger partial charge on any atom is 0.0701 e. The lowest BCUT2D eigenvalue weighted by molar-refractivity contribution is 0.319. The standard InChI is InChI=1S/C11H18BrNS2/c1-13(5-3-2-4-6-14)8-10-7-11(12)15-9-10/h7,9,14H,2-6,8H2,1H3. The molecule has 1 aromatic rings. The van der Waals surface area contributed by atoms with Crippen molar-refractivity contribution in [3.63, 3.8) is 0 Å². The van der Waals surface area contributed by atoms with Crippen molar-refractivity contribution in [2.45, 2.75) is 25.8 Å². The van der Waals surface area contributed by atoms with Crippen molar-refractivity contribution in [3.05, 3.63) is 20.8 Å². The van der Waals surface area contributed by atoms with Gasteiger partial charge in [0.05, 0.1) is 3.79 Å². The Morgan fingerprint density at radius 3 is 2.80 bits per heavy atom. The van der Waals surface area contributed by atoms with Crippen molar-refractivity contribution in [2.24, 2.45) is 0 Å². The predicted molar refractivity (Wildman–Crippen MR) is 76.1 cm³/mol. The Labute approximate surface area is 110 Å². The molecule has 0 aliphatic carbocycles. The van der Waals surface area contributed by atoms with Gasteiger partial charge in [-0.15, -0.1) is 11.3 Å². The molecule has 86 valence electrons. The van der Waals surface area contributed by atoms with Gasteiger partial charge in [-0.2, -0.15) is 12.6 Å². The molecule has 1 nitrogen and oxygen atoms in total. The minimum Gasteiger partial charge on any atom is -0.302 e. The van der Waals surface area contributed by atoms with Crippen molar-refractivity contribution < 1.29 is 0 Å². The van der Waals surface area contributed by atoms with Gasteiger partial charge in [0, 0.05) is 6.54 Å². The molecule has 0 bridgehead atoms. The average Bonchev–Trinajstić information content (AvgIpc) is 2.59. The third-order valence-corrected chi connectivity index (χ3v) is 4.14. The molecule has 0 saturated carbocycles. The second-order valence-electron chi connectivity index (χ2n) is 3.78. The summed E-state index contributed by atoms with van der Waals surface area (Å²) in [6.07, 6.45) is 3.81. The number of thiophene rings is 1. The van der Waals surface area contributed by atoms with Crippen LogP contribution in [0.15, 0.2) is 15.2 Å². The number of halogens is 1. The normalized spacial score (nSPS) is 11.2. The maximum atomic E-state index is 4.21. The summed E-state index contributed by atoms with van der Waals surface area (Å²) in [7, 11) is 2.19. The molecule has 0 aliphatic rings. The number of rotatable bonds is 7. The molecular weight excluding hydrogens is 290 g/mol. The number of hydrogen-bond acceptors (Lipinski definition) is 3. The highest BCUT2D eigenvalue weighted by molar-refractivity contribution is 9.11. The van der Waals surface area contributed by atoms with Crippen molar-refractivity contribution in [1.82, 2.24) is 4.90 Å². The monoisotopic (exact) mass is 307 g/mol. The van der Waals surface area contributed by atoms with Gasteiger partial charge in [0.25, 0.3) is 0 Å². The number of nitrogens with zero attached hydrogens (tertiary/aromatic N) is 1. The highest BCUT2D eigenvalue weighted by atomic mass is 79.9. The molecule has 0 saturated heterocycles. The van der Waals surface area contributed by atoms with E-state index in [1.807, 2.05) is 0 Å². The van der Waals surface area contributed by atoms with E-state index < -0.39 is 0 Å². The Kier molecular flexibility index (Phi) is 6.97. The molecule has 0 amide bonds. The fourth-order valence-corrected chi connectivity index (χ4v) is 2.91. The van der Waals surface area contributed by atoms with Gasteiger partial charge in [-0.05, 0) is 65.1 Å². The molecular formula is C11H18BrNS2. The lowest BCUT2D eigenvalue weighted by Crippen LogP contribution is -2.18. The average molecular weight is 308 g/mol. The first kappa shape index (κ1) is 13.6. The van der Waals surface area contributed by atoms with Crippen LogP contribution in [0.3, 0.4) is 0 Å². The Bertz CT molecular complexity index is 275. The van der Waals surface area contributed by atoms with E-state index in [4.69, 9.17) is 0 Å². The summed E-state index contributed by atoms with van der Waals surface area (Å²) in [6, 6.07) is 2.20. The third-order valence-electron chi connectivity index (χ3n) is 2.27. The van der Waals surface area contributed by atoms with Gasteiger partial charge in [0.2, 0.25) is 0 Å². The van der Waals surface area contributed by atoms with E-state index in [0.717, 1.165) is 12.3 Å². The summed E-state index contributed by atoms with van der Waals surface area (Å²) in [5, 5.41) is 2.22. The summed E-state index contributed by atoms with van der Waals surface area (Å²) < 4.78 is 1.22. The molecule has 0 atom stereocenters. The van der Waals surface area contributed by atoms with E-state index >= 15 is 0 Å². The summed E-state index contributed by atoms with van der Waals surface area (Å²) in [5.74, 6) is 1.02. The molecule has 0 aromatic carbocycles. The summed E-state index contributed by atoms with van der Waals surface area (Å²) in [4.78, 5) is 2.38. The van der Waals surface area contributed by atoms with E-state index in [1.54, 1.807) is 11.3 Å². The maximum absolute atomic E-state index is 4.21. The van der Waals surface area contributed by atoms with Gasteiger partial charge >= 0.3 is 0 Å². The van der Waals surface area contributed by atoms with Crippen LogP contribution in [0.1, 0.15) is 24.8 Å². The highest BCUT2D eigenvalue weighted by Gasteiger charge is 2.02. The highest BCUT2D eigenvalue weighted by Crippen LogP contribution is 2.21. The zero-order valence-electron chi connectivity index (χ0n) is 9.08. The molecule has 0 radical (unpaired) electrons. The molecule has 1 aromatic heterocycles. The lowest BCUT2D eigenvalue weighted by Gasteiger charge is -2.15. The molecule has 1 heterocycles. The SMILES string of the molecule is CN(CCCCCS)Cc1csc(Br)c1. The molecule has 15 heavy (non-hydrogen) atoms. The summed E-state index contributed by atoms with van der Waals surface area (Å²) in [5.41, 5.74) is 1.41.